The fourth-order valence-electron chi connectivity index (χ4n) is 5.08. The Labute approximate surface area is 284 Å². The fourth-order valence-corrected chi connectivity index (χ4v) is 5.91. The highest BCUT2D eigenvalue weighted by Gasteiger charge is 2.42. The number of anilines is 2. The minimum absolute atomic E-state index is 0.124. The zero-order chi connectivity index (χ0) is 34.0. The molecular formula is C35H43N7O5S. The third-order valence-electron chi connectivity index (χ3n) is 7.92. The first-order valence-corrected chi connectivity index (χ1v) is 16.9. The summed E-state index contributed by atoms with van der Waals surface area (Å²) in [5, 5.41) is 37.8. The molecule has 0 spiro atoms. The van der Waals surface area contributed by atoms with E-state index in [1.165, 1.54) is 11.3 Å². The largest absolute Gasteiger partial charge is 0.373 e. The smallest absolute Gasteiger partial charge is 0.230 e. The number of unbranched alkanes of at least 4 members (excludes halogenated alkanes) is 1. The highest BCUT2D eigenvalue weighted by atomic mass is 32.1. The van der Waals surface area contributed by atoms with Gasteiger partial charge in [-0.2, -0.15) is 5.10 Å². The lowest BCUT2D eigenvalue weighted by Crippen LogP contribution is -2.52. The predicted molar refractivity (Wildman–Crippen MR) is 183 cm³/mol. The molecule has 0 bridgehead atoms. The number of hydrogen-bond acceptors (Lipinski definition) is 11. The van der Waals surface area contributed by atoms with Gasteiger partial charge >= 0.3 is 0 Å². The van der Waals surface area contributed by atoms with Crippen molar-refractivity contribution in [3.05, 3.63) is 94.1 Å². The summed E-state index contributed by atoms with van der Waals surface area (Å²) >= 11 is 1.42. The molecule has 4 N–H and O–H groups in total. The molecule has 0 saturated carbocycles. The Morgan fingerprint density at radius 1 is 0.875 bits per heavy atom. The molecule has 1 atom stereocenters. The molecule has 3 heterocycles. The number of aliphatic hydroxyl groups is 1. The Morgan fingerprint density at radius 3 is 2.35 bits per heavy atom. The molecule has 0 aliphatic carbocycles. The number of hydrogen-bond donors (Lipinski definition) is 4. The van der Waals surface area contributed by atoms with Crippen LogP contribution in [-0.2, 0) is 51.3 Å². The molecule has 1 aliphatic heterocycles. The van der Waals surface area contributed by atoms with E-state index in [0.29, 0.717) is 37.1 Å². The maximum Gasteiger partial charge on any atom is 0.230 e. The highest BCUT2D eigenvalue weighted by molar-refractivity contribution is 7.15. The Bertz CT molecular complexity index is 1640. The standard InChI is InChI=1S/C35H43N7O5S/c1-34(2)46-22-35(3,23-47-34)32(45)36-21-26-13-9-12-25(18-26)20-30(44)38-33-42-41-31(48-33)15-8-7-14-27-16-17-28(40-39-27)37-29(43)19-24-10-5-4-6-11-24/h4-6,9-13,16-18,30,44H,7-8,14-15,19-23H2,1-3H3,(H,36,45)(H,38,42)(H,37,40,43). The maximum atomic E-state index is 12.9. The topological polar surface area (TPSA) is 160 Å². The summed E-state index contributed by atoms with van der Waals surface area (Å²) in [7, 11) is 0. The average Bonchev–Trinajstić information content (AvgIpc) is 3.51. The van der Waals surface area contributed by atoms with Crippen LogP contribution in [0.15, 0.2) is 66.7 Å². The van der Waals surface area contributed by atoms with E-state index in [4.69, 9.17) is 9.47 Å². The summed E-state index contributed by atoms with van der Waals surface area (Å²) < 4.78 is 11.4. The van der Waals surface area contributed by atoms with Crippen molar-refractivity contribution in [2.75, 3.05) is 23.8 Å². The third kappa shape index (κ3) is 10.6. The van der Waals surface area contributed by atoms with Crippen LogP contribution in [-0.4, -0.2) is 62.5 Å². The van der Waals surface area contributed by atoms with Crippen LogP contribution in [0.3, 0.4) is 0 Å². The molecule has 0 radical (unpaired) electrons. The van der Waals surface area contributed by atoms with E-state index >= 15 is 0 Å². The fraction of sp³-hybridized carbons (Fsp3) is 0.429. The third-order valence-corrected chi connectivity index (χ3v) is 8.84. The number of carbonyl (C=O) groups excluding carboxylic acids is 2. The number of aryl methyl sites for hydroxylation is 2. The first kappa shape index (κ1) is 35.0. The number of nitrogens with zero attached hydrogens (tertiary/aromatic N) is 4. The van der Waals surface area contributed by atoms with Crippen LogP contribution >= 0.6 is 11.3 Å². The number of benzene rings is 2. The predicted octanol–water partition coefficient (Wildman–Crippen LogP) is 4.45. The van der Waals surface area contributed by atoms with E-state index in [1.54, 1.807) is 6.07 Å². The molecule has 2 aromatic carbocycles. The van der Waals surface area contributed by atoms with E-state index in [2.05, 4.69) is 36.3 Å². The monoisotopic (exact) mass is 673 g/mol. The van der Waals surface area contributed by atoms with Gasteiger partial charge < -0.3 is 30.5 Å². The van der Waals surface area contributed by atoms with Crippen molar-refractivity contribution in [1.29, 1.82) is 0 Å². The molecule has 2 amide bonds. The zero-order valence-corrected chi connectivity index (χ0v) is 28.4. The van der Waals surface area contributed by atoms with Crippen molar-refractivity contribution in [2.24, 2.45) is 5.41 Å². The summed E-state index contributed by atoms with van der Waals surface area (Å²) in [4.78, 5) is 25.1. The minimum Gasteiger partial charge on any atom is -0.373 e. The Hall–Kier alpha value is -4.30. The van der Waals surface area contributed by atoms with Crippen molar-refractivity contribution in [3.63, 3.8) is 0 Å². The van der Waals surface area contributed by atoms with Crippen molar-refractivity contribution in [2.45, 2.75) is 77.9 Å². The number of ether oxygens (including phenoxy) is 2. The van der Waals surface area contributed by atoms with E-state index < -0.39 is 17.4 Å². The number of aliphatic hydroxyl groups excluding tert-OH is 1. The molecule has 1 unspecified atom stereocenters. The second kappa shape index (κ2) is 16.2. The lowest BCUT2D eigenvalue weighted by Gasteiger charge is -2.40. The van der Waals surface area contributed by atoms with E-state index in [9.17, 15) is 14.7 Å². The number of carbonyl (C=O) groups is 2. The second-order valence-electron chi connectivity index (χ2n) is 12.7. The van der Waals surface area contributed by atoms with Crippen LogP contribution in [0.2, 0.25) is 0 Å². The van der Waals surface area contributed by atoms with Gasteiger partial charge in [-0.25, -0.2) is 0 Å². The maximum absolute atomic E-state index is 12.9. The van der Waals surface area contributed by atoms with Gasteiger partial charge in [0.25, 0.3) is 0 Å². The Kier molecular flexibility index (Phi) is 11.8. The zero-order valence-electron chi connectivity index (χ0n) is 27.6. The van der Waals surface area contributed by atoms with Gasteiger partial charge in [-0.1, -0.05) is 65.9 Å². The van der Waals surface area contributed by atoms with Gasteiger partial charge in [-0.05, 0) is 68.9 Å². The number of nitrogens with one attached hydrogen (secondary N) is 3. The molecule has 1 aliphatic rings. The van der Waals surface area contributed by atoms with Crippen molar-refractivity contribution in [3.8, 4) is 0 Å². The first-order valence-electron chi connectivity index (χ1n) is 16.1. The highest BCUT2D eigenvalue weighted by Crippen LogP contribution is 2.29. The van der Waals surface area contributed by atoms with Crippen molar-refractivity contribution >= 4 is 34.1 Å². The number of aromatic nitrogens is 4. The molecule has 254 valence electrons. The molecule has 2 aromatic heterocycles. The van der Waals surface area contributed by atoms with Gasteiger partial charge in [0.2, 0.25) is 16.9 Å². The molecule has 4 aromatic rings. The van der Waals surface area contributed by atoms with E-state index in [1.807, 2.05) is 81.4 Å². The summed E-state index contributed by atoms with van der Waals surface area (Å²) in [6.07, 6.45) is 3.12. The van der Waals surface area contributed by atoms with Gasteiger partial charge in [0, 0.05) is 19.4 Å². The van der Waals surface area contributed by atoms with Crippen molar-refractivity contribution < 1.29 is 24.2 Å². The summed E-state index contributed by atoms with van der Waals surface area (Å²) in [6.45, 7) is 6.45. The van der Waals surface area contributed by atoms with Gasteiger partial charge in [0.15, 0.2) is 11.6 Å². The lowest BCUT2D eigenvalue weighted by atomic mass is 9.90. The van der Waals surface area contributed by atoms with Crippen LogP contribution in [0.25, 0.3) is 0 Å². The van der Waals surface area contributed by atoms with Gasteiger partial charge in [0.1, 0.15) is 11.2 Å². The quantitative estimate of drug-likeness (QED) is 0.105. The molecule has 13 heteroatoms. The molecule has 1 saturated heterocycles. The van der Waals surface area contributed by atoms with Crippen LogP contribution in [0.5, 0.6) is 0 Å². The summed E-state index contributed by atoms with van der Waals surface area (Å²) in [5.41, 5.74) is 2.91. The molecule has 1 fully saturated rings. The molecular weight excluding hydrogens is 630 g/mol. The number of rotatable bonds is 15. The summed E-state index contributed by atoms with van der Waals surface area (Å²) in [5.74, 6) is -0.500. The minimum atomic E-state index is -0.848. The Balaban J connectivity index is 0.990. The van der Waals surface area contributed by atoms with Crippen molar-refractivity contribution in [1.82, 2.24) is 25.7 Å². The second-order valence-corrected chi connectivity index (χ2v) is 13.8. The van der Waals surface area contributed by atoms with Crippen LogP contribution in [0.1, 0.15) is 61.0 Å². The normalized spacial score (nSPS) is 15.8. The average molecular weight is 674 g/mol. The van der Waals surface area contributed by atoms with E-state index in [0.717, 1.165) is 53.1 Å². The Morgan fingerprint density at radius 2 is 1.60 bits per heavy atom. The molecule has 5 rings (SSSR count). The molecule has 48 heavy (non-hydrogen) atoms. The van der Waals surface area contributed by atoms with Crippen LogP contribution in [0.4, 0.5) is 10.9 Å². The van der Waals surface area contributed by atoms with E-state index in [-0.39, 0.29) is 18.2 Å². The van der Waals surface area contributed by atoms with Crippen LogP contribution < -0.4 is 16.0 Å². The lowest BCUT2D eigenvalue weighted by molar-refractivity contribution is -0.277. The SMILES string of the molecule is CC1(C)OCC(C)(C(=O)NCc2cccc(CC(O)Nc3nnc(CCCCc4ccc(NC(=O)Cc5ccccc5)nn4)s3)c2)CO1. The molecule has 12 nitrogen and oxygen atoms in total. The van der Waals surface area contributed by atoms with Crippen LogP contribution in [0, 0.1) is 5.41 Å². The number of amides is 2. The van der Waals surface area contributed by atoms with Gasteiger partial charge in [0.05, 0.1) is 30.7 Å². The first-order chi connectivity index (χ1) is 23.0. The summed E-state index contributed by atoms with van der Waals surface area (Å²) in [6, 6.07) is 21.0. The van der Waals surface area contributed by atoms with Gasteiger partial charge in [-0.3, -0.25) is 9.59 Å². The van der Waals surface area contributed by atoms with Gasteiger partial charge in [-0.15, -0.1) is 15.3 Å².